The maximum atomic E-state index is 13.1. The maximum Gasteiger partial charge on any atom is 0.337 e. The summed E-state index contributed by atoms with van der Waals surface area (Å²) in [6.45, 7) is 0.386. The topological polar surface area (TPSA) is 139 Å². The SMILES string of the molecule is O=C(O)CCn1c2c(c3ccccc31)C[C@H](NS(=O)(=O)c1ccc(F)cc1)CC2.O=C(O)c1cccnc1. The molecule has 3 N–H and O–H groups in total. The number of carboxylic acid groups (broad SMARTS) is 2. The molecule has 0 amide bonds. The molecule has 0 fully saturated rings. The van der Waals surface area contributed by atoms with Gasteiger partial charge in [-0.15, -0.1) is 0 Å². The first-order chi connectivity index (χ1) is 18.2. The largest absolute Gasteiger partial charge is 0.481 e. The van der Waals surface area contributed by atoms with Crippen LogP contribution in [0.25, 0.3) is 10.9 Å². The lowest BCUT2D eigenvalue weighted by Crippen LogP contribution is -2.39. The molecule has 2 heterocycles. The van der Waals surface area contributed by atoms with Gasteiger partial charge in [0.05, 0.1) is 16.9 Å². The second kappa shape index (κ2) is 11.5. The van der Waals surface area contributed by atoms with Crippen molar-refractivity contribution in [1.29, 1.82) is 0 Å². The number of nitrogens with one attached hydrogen (secondary N) is 1. The molecule has 0 aliphatic heterocycles. The average molecular weight is 540 g/mol. The molecule has 11 heteroatoms. The second-order valence-corrected chi connectivity index (χ2v) is 10.5. The Labute approximate surface area is 218 Å². The van der Waals surface area contributed by atoms with Gasteiger partial charge in [-0.3, -0.25) is 9.78 Å². The summed E-state index contributed by atoms with van der Waals surface area (Å²) in [6, 6.07) is 15.4. The molecule has 1 aliphatic carbocycles. The minimum absolute atomic E-state index is 0.0335. The highest BCUT2D eigenvalue weighted by Gasteiger charge is 2.28. The van der Waals surface area contributed by atoms with Gasteiger partial charge in [0.25, 0.3) is 0 Å². The molecule has 2 aromatic carbocycles. The first-order valence-electron chi connectivity index (χ1n) is 11.9. The highest BCUT2D eigenvalue weighted by atomic mass is 32.2. The van der Waals surface area contributed by atoms with Crippen molar-refractivity contribution in [3.63, 3.8) is 0 Å². The number of aliphatic carboxylic acids is 1. The first kappa shape index (κ1) is 27.0. The molecular formula is C27H26FN3O6S. The molecular weight excluding hydrogens is 513 g/mol. The van der Waals surface area contributed by atoms with Crippen LogP contribution in [0.2, 0.25) is 0 Å². The highest BCUT2D eigenvalue weighted by molar-refractivity contribution is 7.89. The van der Waals surface area contributed by atoms with Gasteiger partial charge in [0.1, 0.15) is 5.82 Å². The number of para-hydroxylation sites is 1. The number of carbonyl (C=O) groups is 2. The van der Waals surface area contributed by atoms with Gasteiger partial charge in [-0.05, 0) is 67.3 Å². The minimum Gasteiger partial charge on any atom is -0.481 e. The lowest BCUT2D eigenvalue weighted by atomic mass is 9.92. The van der Waals surface area contributed by atoms with Gasteiger partial charge in [-0.1, -0.05) is 18.2 Å². The lowest BCUT2D eigenvalue weighted by molar-refractivity contribution is -0.137. The summed E-state index contributed by atoms with van der Waals surface area (Å²) in [6.07, 6.45) is 4.66. The van der Waals surface area contributed by atoms with Gasteiger partial charge < -0.3 is 14.8 Å². The summed E-state index contributed by atoms with van der Waals surface area (Å²) in [5.74, 6) is -2.28. The molecule has 1 aliphatic rings. The zero-order chi connectivity index (χ0) is 27.3. The molecule has 9 nitrogen and oxygen atoms in total. The Morgan fingerprint density at radius 1 is 1.05 bits per heavy atom. The van der Waals surface area contributed by atoms with Crippen LogP contribution in [0.15, 0.2) is 78.0 Å². The number of benzene rings is 2. The Bertz CT molecular complexity index is 1550. The fourth-order valence-corrected chi connectivity index (χ4v) is 5.83. The number of nitrogens with zero attached hydrogens (tertiary/aromatic N) is 2. The van der Waals surface area contributed by atoms with Crippen molar-refractivity contribution in [1.82, 2.24) is 14.3 Å². The molecule has 4 aromatic rings. The van der Waals surface area contributed by atoms with Gasteiger partial charge in [-0.2, -0.15) is 0 Å². The zero-order valence-corrected chi connectivity index (χ0v) is 21.1. The van der Waals surface area contributed by atoms with E-state index < -0.39 is 27.8 Å². The molecule has 0 saturated carbocycles. The minimum atomic E-state index is -3.75. The van der Waals surface area contributed by atoms with Crippen LogP contribution in [-0.2, 0) is 34.2 Å². The smallest absolute Gasteiger partial charge is 0.337 e. The third-order valence-electron chi connectivity index (χ3n) is 6.28. The zero-order valence-electron chi connectivity index (χ0n) is 20.2. The lowest BCUT2D eigenvalue weighted by Gasteiger charge is -2.25. The molecule has 5 rings (SSSR count). The number of sulfonamides is 1. The summed E-state index contributed by atoms with van der Waals surface area (Å²) in [7, 11) is -3.75. The fourth-order valence-electron chi connectivity index (χ4n) is 4.55. The monoisotopic (exact) mass is 539 g/mol. The number of aryl methyl sites for hydroxylation is 1. The van der Waals surface area contributed by atoms with E-state index in [9.17, 15) is 22.4 Å². The van der Waals surface area contributed by atoms with Crippen LogP contribution < -0.4 is 4.72 Å². The van der Waals surface area contributed by atoms with Crippen LogP contribution >= 0.6 is 0 Å². The first-order valence-corrected chi connectivity index (χ1v) is 13.4. The molecule has 38 heavy (non-hydrogen) atoms. The predicted molar refractivity (Wildman–Crippen MR) is 138 cm³/mol. The van der Waals surface area contributed by atoms with Crippen molar-refractivity contribution in [2.75, 3.05) is 0 Å². The quantitative estimate of drug-likeness (QED) is 0.324. The molecule has 2 aromatic heterocycles. The van der Waals surface area contributed by atoms with Gasteiger partial charge in [0.2, 0.25) is 10.0 Å². The van der Waals surface area contributed by atoms with E-state index >= 15 is 0 Å². The summed E-state index contributed by atoms with van der Waals surface area (Å²) in [5, 5.41) is 18.4. The summed E-state index contributed by atoms with van der Waals surface area (Å²) in [5.41, 5.74) is 3.33. The van der Waals surface area contributed by atoms with E-state index in [0.717, 1.165) is 34.3 Å². The molecule has 1 atom stereocenters. The summed E-state index contributed by atoms with van der Waals surface area (Å²) in [4.78, 5) is 24.9. The van der Waals surface area contributed by atoms with Crippen LogP contribution in [0.5, 0.6) is 0 Å². The number of rotatable bonds is 7. The number of fused-ring (bicyclic) bond motifs is 3. The maximum absolute atomic E-state index is 13.1. The number of pyridine rings is 1. The highest BCUT2D eigenvalue weighted by Crippen LogP contribution is 2.33. The second-order valence-electron chi connectivity index (χ2n) is 8.80. The van der Waals surface area contributed by atoms with Gasteiger partial charge in [-0.25, -0.2) is 22.3 Å². The third kappa shape index (κ3) is 6.24. The van der Waals surface area contributed by atoms with Crippen molar-refractivity contribution in [3.05, 3.63) is 95.7 Å². The van der Waals surface area contributed by atoms with Crippen molar-refractivity contribution in [2.24, 2.45) is 0 Å². The molecule has 198 valence electrons. The molecule has 0 radical (unpaired) electrons. The molecule has 0 bridgehead atoms. The number of halogens is 1. The Morgan fingerprint density at radius 3 is 2.42 bits per heavy atom. The predicted octanol–water partition coefficient (Wildman–Crippen LogP) is 3.87. The standard InChI is InChI=1S/C21H21FN2O4S.C6H5NO2/c22-14-5-8-16(9-6-14)29(27,28)23-15-7-10-20-18(13-15)17-3-1-2-4-19(17)24(20)12-11-21(25)26;8-6(9)5-2-1-3-7-4-5/h1-6,8-9,15,23H,7,10-13H2,(H,25,26);1-4H,(H,8,9)/t15-;/m1./s1. The van der Waals surface area contributed by atoms with Crippen molar-refractivity contribution >= 4 is 32.9 Å². The molecule has 0 spiro atoms. The van der Waals surface area contributed by atoms with Crippen LogP contribution in [-0.4, -0.2) is 46.2 Å². The Morgan fingerprint density at radius 2 is 1.79 bits per heavy atom. The summed E-state index contributed by atoms with van der Waals surface area (Å²) < 4.78 is 43.2. The average Bonchev–Trinajstić information content (AvgIpc) is 3.21. The molecule has 0 saturated heterocycles. The number of aromatic carboxylic acids is 1. The van der Waals surface area contributed by atoms with Crippen LogP contribution in [0.4, 0.5) is 4.39 Å². The third-order valence-corrected chi connectivity index (χ3v) is 7.81. The van der Waals surface area contributed by atoms with E-state index in [4.69, 9.17) is 10.2 Å². The van der Waals surface area contributed by atoms with E-state index in [1.54, 1.807) is 6.07 Å². The molecule has 0 unspecified atom stereocenters. The van der Waals surface area contributed by atoms with E-state index in [-0.39, 0.29) is 22.9 Å². The number of carboxylic acids is 2. The van der Waals surface area contributed by atoms with Crippen LogP contribution in [0.1, 0.15) is 34.5 Å². The number of hydrogen-bond donors (Lipinski definition) is 3. The van der Waals surface area contributed by atoms with Gasteiger partial charge >= 0.3 is 11.9 Å². The van der Waals surface area contributed by atoms with E-state index in [1.165, 1.54) is 30.6 Å². The number of hydrogen-bond acceptors (Lipinski definition) is 5. The van der Waals surface area contributed by atoms with Crippen LogP contribution in [0.3, 0.4) is 0 Å². The van der Waals surface area contributed by atoms with E-state index in [2.05, 4.69) is 9.71 Å². The van der Waals surface area contributed by atoms with Gasteiger partial charge in [0, 0.05) is 41.6 Å². The number of aromatic nitrogens is 2. The van der Waals surface area contributed by atoms with E-state index in [1.807, 2.05) is 28.8 Å². The fraction of sp³-hybridized carbons (Fsp3) is 0.222. The Kier molecular flexibility index (Phi) is 8.18. The van der Waals surface area contributed by atoms with Crippen molar-refractivity contribution in [3.8, 4) is 0 Å². The Hall–Kier alpha value is -4.09. The Balaban J connectivity index is 0.000000317. The van der Waals surface area contributed by atoms with E-state index in [0.29, 0.717) is 25.8 Å². The van der Waals surface area contributed by atoms with Crippen molar-refractivity contribution in [2.45, 2.75) is 43.2 Å². The summed E-state index contributed by atoms with van der Waals surface area (Å²) >= 11 is 0. The normalized spacial score (nSPS) is 14.8. The van der Waals surface area contributed by atoms with Gasteiger partial charge in [0.15, 0.2) is 0 Å². The van der Waals surface area contributed by atoms with Crippen LogP contribution in [0, 0.1) is 5.82 Å². The van der Waals surface area contributed by atoms with Crippen molar-refractivity contribution < 1.29 is 32.6 Å².